The van der Waals surface area contributed by atoms with E-state index in [0.29, 0.717) is 17.5 Å². The summed E-state index contributed by atoms with van der Waals surface area (Å²) >= 11 is 0. The summed E-state index contributed by atoms with van der Waals surface area (Å²) < 4.78 is 6.68. The Labute approximate surface area is 316 Å². The first-order valence-corrected chi connectivity index (χ1v) is 18.6. The molecule has 9 aromatic carbocycles. The van der Waals surface area contributed by atoms with Crippen molar-refractivity contribution in [2.75, 3.05) is 0 Å². The van der Waals surface area contributed by atoms with Crippen molar-refractivity contribution >= 4 is 54.3 Å². The lowest BCUT2D eigenvalue weighted by atomic mass is 9.92. The molecule has 2 aromatic heterocycles. The molecule has 1 aliphatic carbocycles. The van der Waals surface area contributed by atoms with Gasteiger partial charge in [-0.1, -0.05) is 140 Å². The molecule has 2 heterocycles. The third-order valence-electron chi connectivity index (χ3n) is 11.2. The van der Waals surface area contributed by atoms with Gasteiger partial charge < -0.3 is 4.42 Å². The van der Waals surface area contributed by atoms with Crippen LogP contribution in [0.1, 0.15) is 0 Å². The van der Waals surface area contributed by atoms with Gasteiger partial charge in [0.15, 0.2) is 17.5 Å². The molecule has 0 fully saturated rings. The minimum absolute atomic E-state index is 0.616. The molecule has 0 bridgehead atoms. The zero-order chi connectivity index (χ0) is 36.0. The minimum Gasteiger partial charge on any atom is -0.455 e. The summed E-state index contributed by atoms with van der Waals surface area (Å²) in [5.74, 6) is 1.89. The Balaban J connectivity index is 1.06. The fourth-order valence-electron chi connectivity index (χ4n) is 8.68. The third-order valence-corrected chi connectivity index (χ3v) is 11.2. The molecular formula is C51H29N3O. The standard InChI is InChI=1S/C51H29N3O/c1-3-12-30(13-4-1)49-52-50(31-14-5-2-6-15-31)54-51(53-49)34-23-25-46-43(28-34)45-29-41(36-18-9-10-19-40(36)48(45)55-46)33-22-24-37-39-21-11-20-38-35-17-8-7-16-32(35)27-44(47(38)39)42(37)26-33/h1-29H. The maximum absolute atomic E-state index is 6.68. The molecule has 0 amide bonds. The van der Waals surface area contributed by atoms with Crippen LogP contribution in [0.15, 0.2) is 180 Å². The molecule has 254 valence electrons. The summed E-state index contributed by atoms with van der Waals surface area (Å²) in [6.45, 7) is 0. The first-order valence-electron chi connectivity index (χ1n) is 18.6. The van der Waals surface area contributed by atoms with Crippen LogP contribution >= 0.6 is 0 Å². The summed E-state index contributed by atoms with van der Waals surface area (Å²) in [6.07, 6.45) is 0. The molecule has 0 aliphatic heterocycles. The highest BCUT2D eigenvalue weighted by molar-refractivity contribution is 6.24. The molecule has 55 heavy (non-hydrogen) atoms. The van der Waals surface area contributed by atoms with E-state index in [1.807, 2.05) is 66.7 Å². The van der Waals surface area contributed by atoms with E-state index < -0.39 is 0 Å². The molecule has 0 saturated heterocycles. The van der Waals surface area contributed by atoms with Crippen LogP contribution in [0, 0.1) is 0 Å². The van der Waals surface area contributed by atoms with E-state index in [9.17, 15) is 0 Å². The number of hydrogen-bond donors (Lipinski definition) is 0. The van der Waals surface area contributed by atoms with Gasteiger partial charge in [-0.25, -0.2) is 15.0 Å². The van der Waals surface area contributed by atoms with E-state index >= 15 is 0 Å². The number of nitrogens with zero attached hydrogens (tertiary/aromatic N) is 3. The number of furan rings is 1. The van der Waals surface area contributed by atoms with E-state index in [0.717, 1.165) is 49.4 Å². The van der Waals surface area contributed by atoms with E-state index in [1.165, 1.54) is 54.9 Å². The maximum Gasteiger partial charge on any atom is 0.164 e. The van der Waals surface area contributed by atoms with Gasteiger partial charge in [0.05, 0.1) is 0 Å². The average molecular weight is 700 g/mol. The summed E-state index contributed by atoms with van der Waals surface area (Å²) in [5, 5.41) is 9.53. The first-order chi connectivity index (χ1) is 27.2. The van der Waals surface area contributed by atoms with E-state index in [4.69, 9.17) is 19.4 Å². The Hall–Kier alpha value is -7.43. The molecule has 0 unspecified atom stereocenters. The zero-order valence-electron chi connectivity index (χ0n) is 29.5. The van der Waals surface area contributed by atoms with Crippen LogP contribution in [-0.4, -0.2) is 15.0 Å². The Morgan fingerprint density at radius 2 is 0.945 bits per heavy atom. The van der Waals surface area contributed by atoms with Crippen molar-refractivity contribution in [1.29, 1.82) is 0 Å². The monoisotopic (exact) mass is 699 g/mol. The maximum atomic E-state index is 6.68. The molecule has 0 N–H and O–H groups in total. The van der Waals surface area contributed by atoms with Crippen molar-refractivity contribution in [1.82, 2.24) is 15.0 Å². The minimum atomic E-state index is 0.616. The van der Waals surface area contributed by atoms with Gasteiger partial charge >= 0.3 is 0 Å². The summed E-state index contributed by atoms with van der Waals surface area (Å²) in [4.78, 5) is 14.9. The molecule has 11 aromatic rings. The second-order valence-corrected chi connectivity index (χ2v) is 14.3. The lowest BCUT2D eigenvalue weighted by Gasteiger charge is -2.11. The normalized spacial score (nSPS) is 12.0. The van der Waals surface area contributed by atoms with Crippen LogP contribution in [-0.2, 0) is 0 Å². The fraction of sp³-hybridized carbons (Fsp3) is 0. The van der Waals surface area contributed by atoms with Gasteiger partial charge in [0, 0.05) is 32.8 Å². The highest BCUT2D eigenvalue weighted by atomic mass is 16.3. The second-order valence-electron chi connectivity index (χ2n) is 14.3. The van der Waals surface area contributed by atoms with Crippen LogP contribution < -0.4 is 0 Å². The van der Waals surface area contributed by atoms with Gasteiger partial charge in [-0.05, 0) is 96.7 Å². The zero-order valence-corrected chi connectivity index (χ0v) is 29.5. The molecule has 0 radical (unpaired) electrons. The van der Waals surface area contributed by atoms with Crippen molar-refractivity contribution < 1.29 is 4.42 Å². The van der Waals surface area contributed by atoms with Gasteiger partial charge in [-0.15, -0.1) is 0 Å². The molecular weight excluding hydrogens is 671 g/mol. The summed E-state index contributed by atoms with van der Waals surface area (Å²) in [5.41, 5.74) is 12.0. The van der Waals surface area contributed by atoms with Crippen molar-refractivity contribution in [3.05, 3.63) is 176 Å². The Morgan fingerprint density at radius 3 is 1.71 bits per heavy atom. The first kappa shape index (κ1) is 30.1. The van der Waals surface area contributed by atoms with E-state index in [2.05, 4.69) is 109 Å². The predicted octanol–water partition coefficient (Wildman–Crippen LogP) is 13.5. The number of rotatable bonds is 4. The number of aromatic nitrogens is 3. The van der Waals surface area contributed by atoms with Crippen LogP contribution in [0.3, 0.4) is 0 Å². The van der Waals surface area contributed by atoms with E-state index in [-0.39, 0.29) is 0 Å². The predicted molar refractivity (Wildman–Crippen MR) is 226 cm³/mol. The highest BCUT2D eigenvalue weighted by Gasteiger charge is 2.24. The molecule has 0 spiro atoms. The highest BCUT2D eigenvalue weighted by Crippen LogP contribution is 2.51. The smallest absolute Gasteiger partial charge is 0.164 e. The number of hydrogen-bond acceptors (Lipinski definition) is 4. The van der Waals surface area contributed by atoms with Crippen molar-refractivity contribution in [2.24, 2.45) is 0 Å². The number of fused-ring (bicyclic) bond motifs is 10. The Morgan fingerprint density at radius 1 is 0.309 bits per heavy atom. The topological polar surface area (TPSA) is 51.8 Å². The molecule has 1 aliphatic rings. The SMILES string of the molecule is c1ccc(-c2nc(-c3ccccc3)nc(-c3ccc4oc5c6ccccc6c(-c6ccc7c(c6)-c6cc8ccccc8c8cccc-7c68)cc5c4c3)n2)cc1. The molecule has 4 nitrogen and oxygen atoms in total. The van der Waals surface area contributed by atoms with Crippen molar-refractivity contribution in [3.8, 4) is 67.5 Å². The van der Waals surface area contributed by atoms with Crippen molar-refractivity contribution in [2.45, 2.75) is 0 Å². The van der Waals surface area contributed by atoms with Gasteiger partial charge in [0.25, 0.3) is 0 Å². The Kier molecular flexibility index (Phi) is 6.31. The van der Waals surface area contributed by atoms with E-state index in [1.54, 1.807) is 0 Å². The van der Waals surface area contributed by atoms with Crippen LogP contribution in [0.25, 0.3) is 122 Å². The largest absolute Gasteiger partial charge is 0.455 e. The Bertz CT molecular complexity index is 3310. The summed E-state index contributed by atoms with van der Waals surface area (Å²) in [6, 6.07) is 62.1. The van der Waals surface area contributed by atoms with Crippen LogP contribution in [0.2, 0.25) is 0 Å². The number of benzene rings is 9. The average Bonchev–Trinajstić information content (AvgIpc) is 3.79. The molecule has 0 atom stereocenters. The molecule has 4 heteroatoms. The van der Waals surface area contributed by atoms with Gasteiger partial charge in [0.1, 0.15) is 11.2 Å². The fourth-order valence-corrected chi connectivity index (χ4v) is 8.68. The quantitative estimate of drug-likeness (QED) is 0.172. The van der Waals surface area contributed by atoms with Gasteiger partial charge in [-0.2, -0.15) is 0 Å². The van der Waals surface area contributed by atoms with Gasteiger partial charge in [0.2, 0.25) is 0 Å². The van der Waals surface area contributed by atoms with Gasteiger partial charge in [-0.3, -0.25) is 0 Å². The lowest BCUT2D eigenvalue weighted by molar-refractivity contribution is 0.672. The second kappa shape index (κ2) is 11.5. The van der Waals surface area contributed by atoms with Crippen LogP contribution in [0.4, 0.5) is 0 Å². The third kappa shape index (κ3) is 4.55. The lowest BCUT2D eigenvalue weighted by Crippen LogP contribution is -2.00. The molecule has 0 saturated carbocycles. The molecule has 12 rings (SSSR count). The van der Waals surface area contributed by atoms with Crippen molar-refractivity contribution in [3.63, 3.8) is 0 Å². The summed E-state index contributed by atoms with van der Waals surface area (Å²) in [7, 11) is 0. The van der Waals surface area contributed by atoms with Crippen LogP contribution in [0.5, 0.6) is 0 Å².